The molecule has 95 valence electrons. The first kappa shape index (κ1) is 12.9. The van der Waals surface area contributed by atoms with Gasteiger partial charge in [0.25, 0.3) is 0 Å². The third-order valence-corrected chi connectivity index (χ3v) is 3.58. The molecule has 1 aromatic rings. The Balaban J connectivity index is 2.14. The van der Waals surface area contributed by atoms with Gasteiger partial charge in [0.2, 0.25) is 0 Å². The number of nitrogens with one attached hydrogen (secondary N) is 1. The van der Waals surface area contributed by atoms with E-state index < -0.39 is 0 Å². The van der Waals surface area contributed by atoms with E-state index in [1.54, 1.807) is 0 Å². The Morgan fingerprint density at radius 1 is 1.11 bits per heavy atom. The minimum atomic E-state index is 0.550. The van der Waals surface area contributed by atoms with E-state index >= 15 is 0 Å². The summed E-state index contributed by atoms with van der Waals surface area (Å²) in [5, 5.41) is 3.44. The van der Waals surface area contributed by atoms with Gasteiger partial charge in [-0.05, 0) is 48.6 Å². The molecule has 1 aliphatic rings. The Bertz CT molecular complexity index is 428. The van der Waals surface area contributed by atoms with Gasteiger partial charge in [-0.15, -0.1) is 0 Å². The molecule has 18 heavy (non-hydrogen) atoms. The van der Waals surface area contributed by atoms with Crippen molar-refractivity contribution in [1.82, 2.24) is 5.32 Å². The van der Waals surface area contributed by atoms with E-state index in [9.17, 15) is 0 Å². The molecule has 1 heterocycles. The van der Waals surface area contributed by atoms with Gasteiger partial charge in [-0.3, -0.25) is 0 Å². The lowest BCUT2D eigenvalue weighted by Crippen LogP contribution is -2.31. The number of rotatable bonds is 4. The van der Waals surface area contributed by atoms with Crippen molar-refractivity contribution >= 4 is 0 Å². The molecule has 1 radical (unpaired) electrons. The second-order valence-electron chi connectivity index (χ2n) is 5.31. The van der Waals surface area contributed by atoms with Crippen molar-refractivity contribution in [2.24, 2.45) is 11.8 Å². The quantitative estimate of drug-likeness (QED) is 0.835. The largest absolute Gasteiger partial charge is 0.379 e. The van der Waals surface area contributed by atoms with Crippen LogP contribution in [0.5, 0.6) is 0 Å². The number of hydrogen-bond acceptors (Lipinski definition) is 1. The molecule has 0 bridgehead atoms. The maximum atomic E-state index is 3.44. The van der Waals surface area contributed by atoms with E-state index in [1.165, 1.54) is 17.2 Å². The van der Waals surface area contributed by atoms with E-state index in [2.05, 4.69) is 68.6 Å². The first-order valence-electron chi connectivity index (χ1n) is 6.69. The number of benzene rings is 1. The van der Waals surface area contributed by atoms with E-state index in [-0.39, 0.29) is 0 Å². The number of dihydropyridines is 1. The molecular weight excluding hydrogens is 218 g/mol. The van der Waals surface area contributed by atoms with Crippen LogP contribution in [0.1, 0.15) is 26.3 Å². The fraction of sp³-hybridized carbons (Fsp3) is 0.353. The van der Waals surface area contributed by atoms with E-state index in [4.69, 9.17) is 0 Å². The van der Waals surface area contributed by atoms with Gasteiger partial charge < -0.3 is 5.32 Å². The summed E-state index contributed by atoms with van der Waals surface area (Å²) in [7, 11) is 0. The van der Waals surface area contributed by atoms with E-state index in [0.29, 0.717) is 11.8 Å². The lowest BCUT2D eigenvalue weighted by molar-refractivity contribution is 0.383. The standard InChI is InChI=1S/C17H22N/c1-13(2)16(12-15-9-5-4-6-10-15)17-14(3)8-7-11-18-17/h4-11,13,16,18H,12H2,1-3H3. The Labute approximate surface area is 111 Å². The Morgan fingerprint density at radius 3 is 2.44 bits per heavy atom. The van der Waals surface area contributed by atoms with Crippen molar-refractivity contribution in [2.75, 3.05) is 0 Å². The van der Waals surface area contributed by atoms with Gasteiger partial charge in [0.05, 0.1) is 6.04 Å². The van der Waals surface area contributed by atoms with Crippen LogP contribution in [0, 0.1) is 17.9 Å². The Hall–Kier alpha value is -1.50. The minimum absolute atomic E-state index is 0.550. The molecular formula is C17H22N. The molecule has 1 unspecified atom stereocenters. The fourth-order valence-corrected chi connectivity index (χ4v) is 2.47. The summed E-state index contributed by atoms with van der Waals surface area (Å²) in [5.41, 5.74) is 2.76. The molecule has 1 heteroatoms. The zero-order valence-corrected chi connectivity index (χ0v) is 11.5. The van der Waals surface area contributed by atoms with Crippen LogP contribution in [0.2, 0.25) is 0 Å². The monoisotopic (exact) mass is 240 g/mol. The van der Waals surface area contributed by atoms with Gasteiger partial charge in [-0.2, -0.15) is 0 Å². The predicted molar refractivity (Wildman–Crippen MR) is 77.7 cm³/mol. The SMILES string of the molecule is CC1=CC=CN[C]1C(Cc1ccccc1)C(C)C. The molecule has 2 rings (SSSR count). The second-order valence-corrected chi connectivity index (χ2v) is 5.31. The summed E-state index contributed by atoms with van der Waals surface area (Å²) in [6.07, 6.45) is 7.38. The molecule has 0 fully saturated rings. The molecule has 0 amide bonds. The summed E-state index contributed by atoms with van der Waals surface area (Å²) in [6, 6.07) is 12.1. The van der Waals surface area contributed by atoms with Crippen LogP contribution in [0.15, 0.2) is 54.3 Å². The first-order chi connectivity index (χ1) is 8.68. The summed E-state index contributed by atoms with van der Waals surface area (Å²) in [6.45, 7) is 6.79. The molecule has 0 aliphatic carbocycles. The highest BCUT2D eigenvalue weighted by Crippen LogP contribution is 2.31. The maximum absolute atomic E-state index is 3.44. The molecule has 0 aromatic heterocycles. The summed E-state index contributed by atoms with van der Waals surface area (Å²) >= 11 is 0. The normalized spacial score (nSPS) is 17.4. The summed E-state index contributed by atoms with van der Waals surface area (Å²) in [4.78, 5) is 0. The van der Waals surface area contributed by atoms with Crippen LogP contribution < -0.4 is 5.32 Å². The molecule has 1 atom stereocenters. The van der Waals surface area contributed by atoms with Crippen LogP contribution in [-0.4, -0.2) is 0 Å². The van der Waals surface area contributed by atoms with Gasteiger partial charge in [0.1, 0.15) is 0 Å². The van der Waals surface area contributed by atoms with Crippen LogP contribution in [0.3, 0.4) is 0 Å². The highest BCUT2D eigenvalue weighted by molar-refractivity contribution is 5.33. The Morgan fingerprint density at radius 2 is 1.83 bits per heavy atom. The molecule has 0 saturated carbocycles. The van der Waals surface area contributed by atoms with Gasteiger partial charge in [-0.25, -0.2) is 0 Å². The highest BCUT2D eigenvalue weighted by Gasteiger charge is 2.27. The van der Waals surface area contributed by atoms with Crippen molar-refractivity contribution < 1.29 is 0 Å². The van der Waals surface area contributed by atoms with Gasteiger partial charge in [-0.1, -0.05) is 50.3 Å². The van der Waals surface area contributed by atoms with Crippen LogP contribution in [0.25, 0.3) is 0 Å². The van der Waals surface area contributed by atoms with Crippen molar-refractivity contribution in [3.63, 3.8) is 0 Å². The van der Waals surface area contributed by atoms with Crippen LogP contribution in [-0.2, 0) is 6.42 Å². The lowest BCUT2D eigenvalue weighted by atomic mass is 9.80. The molecule has 0 saturated heterocycles. The van der Waals surface area contributed by atoms with Gasteiger partial charge >= 0.3 is 0 Å². The first-order valence-corrected chi connectivity index (χ1v) is 6.69. The predicted octanol–water partition coefficient (Wildman–Crippen LogP) is 4.10. The molecule has 1 N–H and O–H groups in total. The highest BCUT2D eigenvalue weighted by atomic mass is 14.9. The van der Waals surface area contributed by atoms with Crippen molar-refractivity contribution in [2.45, 2.75) is 27.2 Å². The minimum Gasteiger partial charge on any atom is -0.379 e. The summed E-state index contributed by atoms with van der Waals surface area (Å²) in [5.74, 6) is 1.18. The third-order valence-electron chi connectivity index (χ3n) is 3.58. The molecule has 1 nitrogen and oxygen atoms in total. The smallest absolute Gasteiger partial charge is 0.0887 e. The van der Waals surface area contributed by atoms with Crippen LogP contribution in [0.4, 0.5) is 0 Å². The average Bonchev–Trinajstić information content (AvgIpc) is 2.38. The maximum Gasteiger partial charge on any atom is 0.0887 e. The zero-order valence-electron chi connectivity index (χ0n) is 11.5. The molecule has 0 spiro atoms. The average molecular weight is 240 g/mol. The summed E-state index contributed by atoms with van der Waals surface area (Å²) < 4.78 is 0. The Kier molecular flexibility index (Phi) is 4.24. The topological polar surface area (TPSA) is 12.0 Å². The number of allylic oxidation sites excluding steroid dienone is 2. The van der Waals surface area contributed by atoms with E-state index in [0.717, 1.165) is 6.42 Å². The second kappa shape index (κ2) is 5.90. The fourth-order valence-electron chi connectivity index (χ4n) is 2.47. The molecule has 1 aliphatic heterocycles. The van der Waals surface area contributed by atoms with Crippen molar-refractivity contribution in [3.05, 3.63) is 65.9 Å². The third kappa shape index (κ3) is 3.04. The van der Waals surface area contributed by atoms with Crippen molar-refractivity contribution in [1.29, 1.82) is 0 Å². The van der Waals surface area contributed by atoms with Gasteiger partial charge in [0, 0.05) is 0 Å². The lowest BCUT2D eigenvalue weighted by Gasteiger charge is -2.32. The van der Waals surface area contributed by atoms with E-state index in [1.807, 2.05) is 6.20 Å². The van der Waals surface area contributed by atoms with Gasteiger partial charge in [0.15, 0.2) is 0 Å². The number of hydrogen-bond donors (Lipinski definition) is 1. The zero-order chi connectivity index (χ0) is 13.0. The van der Waals surface area contributed by atoms with Crippen LogP contribution >= 0.6 is 0 Å². The molecule has 1 aromatic carbocycles. The van der Waals surface area contributed by atoms with Crippen molar-refractivity contribution in [3.8, 4) is 0 Å².